The van der Waals surface area contributed by atoms with E-state index >= 15 is 0 Å². The first kappa shape index (κ1) is 13.2. The average Bonchev–Trinajstić information content (AvgIpc) is 2.58. The van der Waals surface area contributed by atoms with E-state index in [2.05, 4.69) is 24.3 Å². The van der Waals surface area contributed by atoms with Crippen molar-refractivity contribution < 1.29 is 4.79 Å². The van der Waals surface area contributed by atoms with Crippen molar-refractivity contribution >= 4 is 5.94 Å². The Morgan fingerprint density at radius 3 is 1.90 bits per heavy atom. The molecule has 1 aliphatic heterocycles. The average molecular weight is 273 g/mol. The molecule has 1 heterocycles. The van der Waals surface area contributed by atoms with E-state index < -0.39 is 0 Å². The van der Waals surface area contributed by atoms with Crippen LogP contribution in [-0.2, 0) is 4.79 Å². The van der Waals surface area contributed by atoms with Gasteiger partial charge in [-0.1, -0.05) is 66.7 Å². The van der Waals surface area contributed by atoms with Crippen molar-refractivity contribution in [3.63, 3.8) is 0 Å². The Morgan fingerprint density at radius 2 is 1.38 bits per heavy atom. The molecule has 0 amide bonds. The largest absolute Gasteiger partial charge is 0.327 e. The fraction of sp³-hybridized carbons (Fsp3) is 0.0526. The molecule has 2 heteroatoms. The third-order valence-electron chi connectivity index (χ3n) is 3.50. The topological polar surface area (TPSA) is 20.3 Å². The van der Waals surface area contributed by atoms with Gasteiger partial charge in [0.2, 0.25) is 0 Å². The minimum atomic E-state index is -0.0370. The van der Waals surface area contributed by atoms with Gasteiger partial charge in [-0.05, 0) is 23.3 Å². The lowest BCUT2D eigenvalue weighted by molar-refractivity contribution is 0.402. The van der Waals surface area contributed by atoms with Crippen molar-refractivity contribution in [1.82, 2.24) is 4.90 Å². The van der Waals surface area contributed by atoms with E-state index in [1.165, 1.54) is 0 Å². The number of hydrogen-bond donors (Lipinski definition) is 0. The Hall–Kier alpha value is -2.83. The summed E-state index contributed by atoms with van der Waals surface area (Å²) in [6.45, 7) is 0. The van der Waals surface area contributed by atoms with Gasteiger partial charge in [-0.3, -0.25) is 0 Å². The van der Waals surface area contributed by atoms with Gasteiger partial charge < -0.3 is 4.90 Å². The van der Waals surface area contributed by atoms with Crippen molar-refractivity contribution in [2.45, 2.75) is 6.04 Å². The number of nitrogens with zero attached hydrogens (tertiary/aromatic N) is 1. The minimum absolute atomic E-state index is 0.0370. The van der Waals surface area contributed by atoms with Gasteiger partial charge in [0.1, 0.15) is 5.70 Å². The summed E-state index contributed by atoms with van der Waals surface area (Å²) in [6, 6.07) is 20.3. The number of carbonyl (C=O) groups excluding carboxylic acids is 1. The van der Waals surface area contributed by atoms with Crippen molar-refractivity contribution in [1.29, 1.82) is 0 Å². The first-order valence-electron chi connectivity index (χ1n) is 6.88. The molecule has 0 unspecified atom stereocenters. The molecule has 0 aliphatic carbocycles. The second-order valence-electron chi connectivity index (χ2n) is 4.82. The van der Waals surface area contributed by atoms with Crippen LogP contribution in [-0.4, -0.2) is 10.8 Å². The SMILES string of the molecule is O=C=C1C=CC=CN1C(c1ccccc1)c1ccccc1. The van der Waals surface area contributed by atoms with Crippen molar-refractivity contribution in [3.05, 3.63) is 102 Å². The maximum atomic E-state index is 11.2. The summed E-state index contributed by atoms with van der Waals surface area (Å²) in [5.74, 6) is 2.03. The van der Waals surface area contributed by atoms with Crippen LogP contribution in [0.1, 0.15) is 17.2 Å². The van der Waals surface area contributed by atoms with E-state index in [1.807, 2.05) is 65.6 Å². The standard InChI is InChI=1S/C19H15NO/c21-15-18-13-7-8-14-20(18)19(16-9-3-1-4-10-16)17-11-5-2-6-12-17/h1-14,19H. The normalized spacial score (nSPS) is 13.6. The van der Waals surface area contributed by atoms with Gasteiger partial charge in [0.05, 0.1) is 6.04 Å². The van der Waals surface area contributed by atoms with E-state index in [-0.39, 0.29) is 6.04 Å². The molecule has 3 rings (SSSR count). The quantitative estimate of drug-likeness (QED) is 0.791. The Balaban J connectivity index is 2.11. The summed E-state index contributed by atoms with van der Waals surface area (Å²) < 4.78 is 0. The van der Waals surface area contributed by atoms with E-state index in [0.29, 0.717) is 5.70 Å². The van der Waals surface area contributed by atoms with Gasteiger partial charge in [-0.2, -0.15) is 0 Å². The third kappa shape index (κ3) is 2.71. The summed E-state index contributed by atoms with van der Waals surface area (Å²) in [4.78, 5) is 13.2. The molecule has 0 spiro atoms. The van der Waals surface area contributed by atoms with Crippen LogP contribution in [0.3, 0.4) is 0 Å². The predicted molar refractivity (Wildman–Crippen MR) is 84.1 cm³/mol. The van der Waals surface area contributed by atoms with E-state index in [1.54, 1.807) is 6.08 Å². The zero-order valence-corrected chi connectivity index (χ0v) is 11.5. The molecule has 0 saturated carbocycles. The second kappa shape index (κ2) is 6.08. The molecule has 2 aromatic carbocycles. The number of rotatable bonds is 3. The van der Waals surface area contributed by atoms with Crippen LogP contribution in [0, 0.1) is 0 Å². The van der Waals surface area contributed by atoms with Gasteiger partial charge in [0, 0.05) is 6.20 Å². The molecule has 0 atom stereocenters. The van der Waals surface area contributed by atoms with Crippen molar-refractivity contribution in [2.75, 3.05) is 0 Å². The molecule has 0 bridgehead atoms. The van der Waals surface area contributed by atoms with Gasteiger partial charge in [-0.25, -0.2) is 4.79 Å². The fourth-order valence-electron chi connectivity index (χ4n) is 2.55. The van der Waals surface area contributed by atoms with Crippen molar-refractivity contribution in [2.24, 2.45) is 0 Å². The van der Waals surface area contributed by atoms with Crippen LogP contribution in [0.2, 0.25) is 0 Å². The molecule has 2 aromatic rings. The van der Waals surface area contributed by atoms with E-state index in [9.17, 15) is 4.79 Å². The molecule has 1 aliphatic rings. The molecular weight excluding hydrogens is 258 g/mol. The highest BCUT2D eigenvalue weighted by Crippen LogP contribution is 2.32. The zero-order valence-electron chi connectivity index (χ0n) is 11.5. The fourth-order valence-corrected chi connectivity index (χ4v) is 2.55. The Bertz CT molecular complexity index is 670. The maximum Gasteiger partial charge on any atom is 0.150 e. The monoisotopic (exact) mass is 273 g/mol. The van der Waals surface area contributed by atoms with Crippen LogP contribution in [0.4, 0.5) is 0 Å². The van der Waals surface area contributed by atoms with Gasteiger partial charge in [0.25, 0.3) is 0 Å². The summed E-state index contributed by atoms with van der Waals surface area (Å²) in [7, 11) is 0. The predicted octanol–water partition coefficient (Wildman–Crippen LogP) is 3.88. The third-order valence-corrected chi connectivity index (χ3v) is 3.50. The zero-order chi connectivity index (χ0) is 14.5. The summed E-state index contributed by atoms with van der Waals surface area (Å²) >= 11 is 0. The molecule has 0 radical (unpaired) electrons. The van der Waals surface area contributed by atoms with Gasteiger partial charge in [-0.15, -0.1) is 0 Å². The minimum Gasteiger partial charge on any atom is -0.327 e. The van der Waals surface area contributed by atoms with E-state index in [0.717, 1.165) is 11.1 Å². The number of hydrogen-bond acceptors (Lipinski definition) is 2. The van der Waals surface area contributed by atoms with E-state index in [4.69, 9.17) is 0 Å². The molecule has 0 fully saturated rings. The van der Waals surface area contributed by atoms with Crippen LogP contribution in [0.25, 0.3) is 0 Å². The number of benzene rings is 2. The smallest absolute Gasteiger partial charge is 0.150 e. The van der Waals surface area contributed by atoms with Gasteiger partial charge in [0.15, 0.2) is 5.94 Å². The molecule has 0 saturated heterocycles. The number of allylic oxidation sites excluding steroid dienone is 3. The second-order valence-corrected chi connectivity index (χ2v) is 4.82. The first-order valence-corrected chi connectivity index (χ1v) is 6.88. The van der Waals surface area contributed by atoms with Crippen LogP contribution in [0.15, 0.2) is 90.8 Å². The molecule has 0 N–H and O–H groups in total. The lowest BCUT2D eigenvalue weighted by Gasteiger charge is -2.31. The first-order chi connectivity index (χ1) is 10.4. The highest BCUT2D eigenvalue weighted by molar-refractivity contribution is 5.59. The molecular formula is C19H15NO. The lowest BCUT2D eigenvalue weighted by Crippen LogP contribution is -2.25. The maximum absolute atomic E-state index is 11.2. The Morgan fingerprint density at radius 1 is 0.810 bits per heavy atom. The van der Waals surface area contributed by atoms with Crippen molar-refractivity contribution in [3.8, 4) is 0 Å². The van der Waals surface area contributed by atoms with Crippen LogP contribution < -0.4 is 0 Å². The summed E-state index contributed by atoms with van der Waals surface area (Å²) in [5, 5.41) is 0. The Labute approximate surface area is 124 Å². The van der Waals surface area contributed by atoms with Crippen LogP contribution in [0.5, 0.6) is 0 Å². The molecule has 102 valence electrons. The van der Waals surface area contributed by atoms with Gasteiger partial charge >= 0.3 is 0 Å². The molecule has 0 aromatic heterocycles. The highest BCUT2D eigenvalue weighted by Gasteiger charge is 2.23. The Kier molecular flexibility index (Phi) is 3.81. The van der Waals surface area contributed by atoms with Crippen LogP contribution >= 0.6 is 0 Å². The molecule has 21 heavy (non-hydrogen) atoms. The highest BCUT2D eigenvalue weighted by atomic mass is 16.1. The summed E-state index contributed by atoms with van der Waals surface area (Å²) in [5.41, 5.74) is 2.81. The summed E-state index contributed by atoms with van der Waals surface area (Å²) in [6.07, 6.45) is 7.49. The molecule has 2 nitrogen and oxygen atoms in total. The lowest BCUT2D eigenvalue weighted by atomic mass is 9.96.